The topological polar surface area (TPSA) is 858 Å². The van der Waals surface area contributed by atoms with Crippen LogP contribution in [-0.4, -0.2) is 347 Å². The minimum absolute atomic E-state index is 0.00209. The maximum absolute atomic E-state index is 14.8. The third-order valence-corrected chi connectivity index (χ3v) is 18.4. The average Bonchev–Trinajstić information content (AvgIpc) is 0.818. The number of benzene rings is 1. The second kappa shape index (κ2) is 48.3. The standard InChI is InChI=1S/C66H98N14O34S/c67-65(68)70-13-1-2-33(38(86)15-30(49(98)53(102)42(90)21-82)60(108)76-35(10-12-46(95)96)40(88)17-32(51(100)55(104)44(92)23-84)61(109)78-37(24-115)64(113)114)74-59(107)31(50(99)54(103)43(91)22-83)16-39(87)34(9-11-45(93)94)75-58(106)29(48(97)52(101)41(89)20-81)14-28(85)7-8-36(63(111)112)77-57(105)25-3-5-26(6-4-25)71-18-27-19-72-56-47(73-27)62(110)80-66(69)79-56/h3-6,19,29-37,41-44,48-55,71,81-84,89-92,97-104,115H,1-2,7-18,20-24H2,(H,74,107)(H,75,106)(H,76,108)(H,77,105)(H,78,109)(H,93,94)(H,95,96)(H,111,112)(H,113,114)(H4,67,68,70)(H3,69,72,79,80,110)/t29-,30-,31-,32-,33-,34-,35-,36-,37-,41+,42+,43+,44+,48+,49+,50+,51+,52+,53+,54+,55+/m0/s1. The van der Waals surface area contributed by atoms with Crippen LogP contribution in [0.1, 0.15) is 93.1 Å². The predicted molar refractivity (Wildman–Crippen MR) is 389 cm³/mol. The van der Waals surface area contributed by atoms with Gasteiger partial charge in [-0.05, 0) is 56.4 Å². The second-order valence-corrected chi connectivity index (χ2v) is 26.9. The SMILES string of the molecule is N=C(N)NCCC[C@H](NC(=O)[C@@H](CC(=O)[C@H](CCC(=O)O)NC(=O)[C@@H](CC(=O)CC[C@H](NC(=O)c1ccc(NCc2cnc3nc(N)[nH]c(=O)c3n2)cc1)C(=O)O)[C@@H](O)[C@H](O)[C@H](O)CO)[C@@H](O)[C@H](O)[C@H](O)CO)C(=O)C[C@H](C(=O)N[C@@H](CCC(=O)O)C(=O)C[C@H](C(=O)N[C@@H](CS)C(=O)O)[C@@H](O)[C@H](O)[C@H](O)CO)[C@@H](O)[C@H](O)[C@H](O)CO. The maximum Gasteiger partial charge on any atom is 0.327 e. The molecule has 21 atom stereocenters. The zero-order valence-corrected chi connectivity index (χ0v) is 61.9. The molecular weight excluding hydrogens is 1560 g/mol. The Balaban J connectivity index is 2.08. The van der Waals surface area contributed by atoms with Crippen LogP contribution in [0.4, 0.5) is 11.6 Å². The minimum Gasteiger partial charge on any atom is -0.481 e. The number of anilines is 2. The van der Waals surface area contributed by atoms with Gasteiger partial charge in [0.25, 0.3) is 11.5 Å². The lowest BCUT2D eigenvalue weighted by molar-refractivity contribution is -0.149. The number of aromatic nitrogens is 4. The Morgan fingerprint density at radius 3 is 1.23 bits per heavy atom. The van der Waals surface area contributed by atoms with E-state index in [-0.39, 0.29) is 47.9 Å². The van der Waals surface area contributed by atoms with E-state index in [1.54, 1.807) is 0 Å². The number of Topliss-reactive ketones (excluding diaryl/α,β-unsaturated/α-hetero) is 4. The van der Waals surface area contributed by atoms with Crippen LogP contribution in [0.2, 0.25) is 0 Å². The molecule has 1 aromatic carbocycles. The Bertz CT molecular complexity index is 3890. The summed E-state index contributed by atoms with van der Waals surface area (Å²) in [6.07, 6.45) is -41.9. The van der Waals surface area contributed by atoms with E-state index in [1.165, 1.54) is 30.5 Å². The van der Waals surface area contributed by atoms with Gasteiger partial charge in [0.05, 0.1) is 111 Å². The lowest BCUT2D eigenvalue weighted by Gasteiger charge is -2.32. The molecule has 0 aliphatic carbocycles. The number of carboxylic acid groups (broad SMARTS) is 4. The van der Waals surface area contributed by atoms with Gasteiger partial charge in [-0.25, -0.2) is 19.6 Å². The van der Waals surface area contributed by atoms with E-state index in [0.29, 0.717) is 5.69 Å². The van der Waals surface area contributed by atoms with E-state index < -0.39 is 318 Å². The summed E-state index contributed by atoms with van der Waals surface area (Å²) in [5, 5.41) is 231. The largest absolute Gasteiger partial charge is 0.481 e. The summed E-state index contributed by atoms with van der Waals surface area (Å²) in [7, 11) is 0. The summed E-state index contributed by atoms with van der Waals surface area (Å²) >= 11 is 3.81. The molecule has 3 aromatic rings. The normalized spacial score (nSPS) is 17.1. The molecule has 0 aliphatic rings. The highest BCUT2D eigenvalue weighted by molar-refractivity contribution is 7.80. The third kappa shape index (κ3) is 31.2. The molecule has 0 aliphatic heterocycles. The number of fused-ring (bicyclic) bond motifs is 1. The van der Waals surface area contributed by atoms with Crippen molar-refractivity contribution in [3.63, 3.8) is 0 Å². The maximum atomic E-state index is 14.8. The summed E-state index contributed by atoms with van der Waals surface area (Å²) in [5.74, 6) is -31.6. The van der Waals surface area contributed by atoms with Crippen molar-refractivity contribution in [3.8, 4) is 0 Å². The lowest BCUT2D eigenvalue weighted by Crippen LogP contribution is -2.55. The number of nitrogen functional groups attached to an aromatic ring is 1. The Hall–Kier alpha value is -10.1. The molecular formula is C66H98N14O34S. The van der Waals surface area contributed by atoms with Crippen LogP contribution < -0.4 is 54.2 Å². The summed E-state index contributed by atoms with van der Waals surface area (Å²) in [5.41, 5.74) is 10.7. The van der Waals surface area contributed by atoms with Gasteiger partial charge < -0.3 is 151 Å². The van der Waals surface area contributed by atoms with Crippen molar-refractivity contribution in [2.24, 2.45) is 29.4 Å². The van der Waals surface area contributed by atoms with Crippen LogP contribution in [0.5, 0.6) is 0 Å². The number of aliphatic hydroxyl groups is 16. The number of carbonyl (C=O) groups is 13. The van der Waals surface area contributed by atoms with Crippen LogP contribution in [0, 0.1) is 29.1 Å². The monoisotopic (exact) mass is 1660 g/mol. The number of aromatic amines is 1. The highest BCUT2D eigenvalue weighted by Crippen LogP contribution is 2.26. The first-order valence-electron chi connectivity index (χ1n) is 35.1. The van der Waals surface area contributed by atoms with E-state index in [2.05, 4.69) is 53.8 Å². The molecule has 3 rings (SSSR count). The molecule has 49 heteroatoms. The fourth-order valence-electron chi connectivity index (χ4n) is 11.3. The molecule has 115 heavy (non-hydrogen) atoms. The molecule has 0 spiro atoms. The number of carbonyl (C=O) groups excluding carboxylic acids is 9. The first kappa shape index (κ1) is 99.1. The first-order valence-corrected chi connectivity index (χ1v) is 35.8. The van der Waals surface area contributed by atoms with Crippen molar-refractivity contribution in [3.05, 3.63) is 52.1 Å². The van der Waals surface area contributed by atoms with Gasteiger partial charge in [-0.1, -0.05) is 0 Å². The summed E-state index contributed by atoms with van der Waals surface area (Å²) in [4.78, 5) is 203. The van der Waals surface area contributed by atoms with Crippen molar-refractivity contribution in [1.82, 2.24) is 51.8 Å². The Labute approximate surface area is 655 Å². The smallest absolute Gasteiger partial charge is 0.327 e. The van der Waals surface area contributed by atoms with E-state index in [0.717, 1.165) is 0 Å². The predicted octanol–water partition coefficient (Wildman–Crippen LogP) is -12.6. The number of nitrogens with one attached hydrogen (secondary N) is 9. The molecule has 2 aromatic heterocycles. The van der Waals surface area contributed by atoms with Crippen molar-refractivity contribution in [2.45, 2.75) is 187 Å². The highest BCUT2D eigenvalue weighted by atomic mass is 32.1. The van der Waals surface area contributed by atoms with Crippen LogP contribution >= 0.6 is 12.6 Å². The molecule has 5 amide bonds. The third-order valence-electron chi connectivity index (χ3n) is 18.0. The molecule has 0 unspecified atom stereocenters. The Morgan fingerprint density at radius 2 is 0.861 bits per heavy atom. The average molecular weight is 1660 g/mol. The van der Waals surface area contributed by atoms with Crippen LogP contribution in [0.25, 0.3) is 11.2 Å². The fourth-order valence-corrected chi connectivity index (χ4v) is 11.5. The fraction of sp³-hybridized carbons (Fsp3) is 0.606. The Kier molecular flexibility index (Phi) is 41.7. The molecule has 642 valence electrons. The van der Waals surface area contributed by atoms with E-state index in [4.69, 9.17) is 16.9 Å². The Morgan fingerprint density at radius 1 is 0.487 bits per heavy atom. The number of carboxylic acids is 4. The molecule has 0 radical (unpaired) electrons. The van der Waals surface area contributed by atoms with Crippen molar-refractivity contribution in [2.75, 3.05) is 49.8 Å². The number of rotatable bonds is 56. The molecule has 33 N–H and O–H groups in total. The molecule has 0 fully saturated rings. The lowest BCUT2D eigenvalue weighted by atomic mass is 9.84. The number of aliphatic carboxylic acids is 4. The van der Waals surface area contributed by atoms with E-state index in [9.17, 15) is 169 Å². The number of hydrogen-bond acceptors (Lipinski definition) is 37. The minimum atomic E-state index is -2.80. The molecule has 2 heterocycles. The number of ketones is 4. The van der Waals surface area contributed by atoms with Crippen molar-refractivity contribution >= 4 is 118 Å². The number of nitrogens with zero attached hydrogens (tertiary/aromatic N) is 3. The first-order chi connectivity index (χ1) is 54.0. The quantitative estimate of drug-likeness (QED) is 0.0108. The van der Waals surface area contributed by atoms with Gasteiger partial charge in [-0.3, -0.25) is 67.9 Å². The number of aliphatic hydroxyl groups excluding tert-OH is 16. The van der Waals surface area contributed by atoms with Gasteiger partial charge in [-0.2, -0.15) is 17.6 Å². The zero-order valence-electron chi connectivity index (χ0n) is 61.0. The molecule has 0 saturated heterocycles. The molecule has 48 nitrogen and oxygen atoms in total. The van der Waals surface area contributed by atoms with E-state index in [1.807, 2.05) is 16.0 Å². The highest BCUT2D eigenvalue weighted by Gasteiger charge is 2.46. The number of hydrogen-bond donors (Lipinski definition) is 32. The number of amides is 5. The molecule has 0 saturated carbocycles. The number of thiol groups is 1. The zero-order chi connectivity index (χ0) is 87.0. The van der Waals surface area contributed by atoms with Gasteiger partial charge >= 0.3 is 23.9 Å². The van der Waals surface area contributed by atoms with Crippen LogP contribution in [-0.2, 0) is 64.1 Å². The van der Waals surface area contributed by atoms with Crippen molar-refractivity contribution in [1.29, 1.82) is 5.41 Å². The summed E-state index contributed by atoms with van der Waals surface area (Å²) < 4.78 is 0. The van der Waals surface area contributed by atoms with Gasteiger partial charge in [0.2, 0.25) is 29.6 Å². The van der Waals surface area contributed by atoms with Gasteiger partial charge in [-0.15, -0.1) is 0 Å². The number of nitrogens with two attached hydrogens (primary N) is 2. The van der Waals surface area contributed by atoms with Crippen molar-refractivity contribution < 1.29 is 164 Å². The second-order valence-electron chi connectivity index (χ2n) is 26.5. The number of H-pyrrole nitrogens is 1. The van der Waals surface area contributed by atoms with Gasteiger partial charge in [0, 0.05) is 68.5 Å². The van der Waals surface area contributed by atoms with Gasteiger partial charge in [0.15, 0.2) is 34.5 Å². The van der Waals surface area contributed by atoms with E-state index >= 15 is 0 Å². The van der Waals surface area contributed by atoms with Crippen LogP contribution in [0.3, 0.4) is 0 Å². The van der Waals surface area contributed by atoms with Gasteiger partial charge in [0.1, 0.15) is 66.7 Å². The summed E-state index contributed by atoms with van der Waals surface area (Å²) in [6.45, 7) is -5.76. The summed E-state index contributed by atoms with van der Waals surface area (Å²) in [6, 6.07) is -5.12. The molecule has 0 bridgehead atoms. The number of guanidine groups is 1. The van der Waals surface area contributed by atoms with Crippen LogP contribution in [0.15, 0.2) is 35.3 Å².